The quantitative estimate of drug-likeness (QED) is 0.543. The van der Waals surface area contributed by atoms with Crippen molar-refractivity contribution in [2.75, 3.05) is 13.2 Å². The largest absolute Gasteiger partial charge is 0.490 e. The Balaban J connectivity index is 1.46. The van der Waals surface area contributed by atoms with E-state index < -0.39 is 0 Å². The molecular formula is C24H24BrN3O4. The van der Waals surface area contributed by atoms with Crippen molar-refractivity contribution in [3.8, 4) is 28.6 Å². The number of rotatable bonds is 6. The average Bonchev–Trinajstić information content (AvgIpc) is 3.44. The minimum atomic E-state index is -0.0330. The Hall–Kier alpha value is -2.71. The molecule has 3 aromatic rings. The van der Waals surface area contributed by atoms with E-state index in [0.29, 0.717) is 24.7 Å². The maximum Gasteiger partial charge on any atom is 0.258 e. The maximum atomic E-state index is 12.4. The molecule has 8 heteroatoms. The van der Waals surface area contributed by atoms with Crippen LogP contribution in [-0.2, 0) is 11.2 Å². The van der Waals surface area contributed by atoms with E-state index in [4.69, 9.17) is 9.26 Å². The molecule has 2 atom stereocenters. The molecule has 5 rings (SSSR count). The first kappa shape index (κ1) is 21.2. The van der Waals surface area contributed by atoms with E-state index in [1.54, 1.807) is 4.90 Å². The molecule has 1 saturated heterocycles. The van der Waals surface area contributed by atoms with Gasteiger partial charge in [-0.05, 0) is 71.4 Å². The zero-order valence-corrected chi connectivity index (χ0v) is 19.5. The Labute approximate surface area is 194 Å². The van der Waals surface area contributed by atoms with E-state index >= 15 is 0 Å². The van der Waals surface area contributed by atoms with Crippen LogP contribution in [0.2, 0.25) is 0 Å². The van der Waals surface area contributed by atoms with Crippen LogP contribution in [-0.4, -0.2) is 45.3 Å². The van der Waals surface area contributed by atoms with Crippen LogP contribution in [0.15, 0.2) is 45.4 Å². The van der Waals surface area contributed by atoms with E-state index in [2.05, 4.69) is 32.1 Å². The Morgan fingerprint density at radius 2 is 2.12 bits per heavy atom. The molecule has 0 radical (unpaired) electrons. The van der Waals surface area contributed by atoms with Gasteiger partial charge in [0, 0.05) is 24.1 Å². The molecule has 1 aliphatic heterocycles. The summed E-state index contributed by atoms with van der Waals surface area (Å²) in [7, 11) is 0. The number of fused-ring (bicyclic) bond motifs is 3. The van der Waals surface area contributed by atoms with Gasteiger partial charge in [-0.25, -0.2) is 0 Å². The van der Waals surface area contributed by atoms with Crippen LogP contribution >= 0.6 is 15.9 Å². The summed E-state index contributed by atoms with van der Waals surface area (Å²) in [5.74, 6) is 2.07. The molecule has 1 amide bonds. The molecule has 2 unspecified atom stereocenters. The first-order valence-corrected chi connectivity index (χ1v) is 11.6. The van der Waals surface area contributed by atoms with Crippen molar-refractivity contribution in [3.63, 3.8) is 0 Å². The number of benzene rings is 2. The predicted octanol–water partition coefficient (Wildman–Crippen LogP) is 4.39. The second-order valence-electron chi connectivity index (χ2n) is 8.53. The molecule has 166 valence electrons. The number of aromatic nitrogens is 2. The van der Waals surface area contributed by atoms with Crippen molar-refractivity contribution in [3.05, 3.63) is 52.0 Å². The maximum absolute atomic E-state index is 12.4. The first-order valence-electron chi connectivity index (χ1n) is 10.8. The highest BCUT2D eigenvalue weighted by Gasteiger charge is 2.46. The van der Waals surface area contributed by atoms with E-state index in [1.165, 1.54) is 0 Å². The minimum Gasteiger partial charge on any atom is -0.490 e. The van der Waals surface area contributed by atoms with Crippen molar-refractivity contribution < 1.29 is 19.2 Å². The Bertz CT molecular complexity index is 1180. The van der Waals surface area contributed by atoms with Gasteiger partial charge in [0.05, 0.1) is 23.2 Å². The van der Waals surface area contributed by atoms with Crippen LogP contribution in [0.1, 0.15) is 37.4 Å². The van der Waals surface area contributed by atoms with Crippen LogP contribution in [0.3, 0.4) is 0 Å². The summed E-state index contributed by atoms with van der Waals surface area (Å²) in [6, 6.07) is 11.8. The lowest BCUT2D eigenvalue weighted by Crippen LogP contribution is -2.30. The summed E-state index contributed by atoms with van der Waals surface area (Å²) >= 11 is 3.55. The van der Waals surface area contributed by atoms with Crippen molar-refractivity contribution in [2.45, 2.75) is 38.8 Å². The summed E-state index contributed by atoms with van der Waals surface area (Å²) in [4.78, 5) is 18.8. The SMILES string of the molecule is CC(C)Oc1ccc(-c2nc(-c3cccc4c3CC3CC(=O)N(CCO)C43)no2)cc1Br. The number of carbonyl (C=O) groups excluding carboxylic acids is 1. The minimum absolute atomic E-state index is 0.0143. The lowest BCUT2D eigenvalue weighted by atomic mass is 10.0. The topological polar surface area (TPSA) is 88.7 Å². The van der Waals surface area contributed by atoms with Crippen LogP contribution in [0.4, 0.5) is 0 Å². The monoisotopic (exact) mass is 497 g/mol. The van der Waals surface area contributed by atoms with Gasteiger partial charge in [0.25, 0.3) is 5.89 Å². The summed E-state index contributed by atoms with van der Waals surface area (Å²) in [6.07, 6.45) is 1.38. The molecule has 32 heavy (non-hydrogen) atoms. The predicted molar refractivity (Wildman–Crippen MR) is 122 cm³/mol. The Morgan fingerprint density at radius 3 is 2.88 bits per heavy atom. The van der Waals surface area contributed by atoms with Crippen LogP contribution in [0.25, 0.3) is 22.8 Å². The van der Waals surface area contributed by atoms with E-state index in [-0.39, 0.29) is 30.6 Å². The summed E-state index contributed by atoms with van der Waals surface area (Å²) < 4.78 is 12.2. The number of likely N-dealkylation sites (tertiary alicyclic amines) is 1. The van der Waals surface area contributed by atoms with Crippen LogP contribution < -0.4 is 4.74 Å². The van der Waals surface area contributed by atoms with Gasteiger partial charge in [-0.15, -0.1) is 0 Å². The molecule has 2 aromatic carbocycles. The van der Waals surface area contributed by atoms with Crippen molar-refractivity contribution in [1.82, 2.24) is 15.0 Å². The molecule has 1 N–H and O–H groups in total. The average molecular weight is 498 g/mol. The highest BCUT2D eigenvalue weighted by molar-refractivity contribution is 9.10. The fourth-order valence-electron chi connectivity index (χ4n) is 4.85. The number of β-amino-alcohol motifs (C(OH)–C–C–N with tert-alkyl or cyclic N) is 1. The fraction of sp³-hybridized carbons (Fsp3) is 0.375. The van der Waals surface area contributed by atoms with Gasteiger partial charge in [-0.3, -0.25) is 4.79 Å². The smallest absolute Gasteiger partial charge is 0.258 e. The molecule has 1 fully saturated rings. The Kier molecular flexibility index (Phi) is 5.51. The van der Waals surface area contributed by atoms with Gasteiger partial charge < -0.3 is 19.3 Å². The molecule has 7 nitrogen and oxygen atoms in total. The lowest BCUT2D eigenvalue weighted by Gasteiger charge is -2.24. The van der Waals surface area contributed by atoms with Crippen molar-refractivity contribution in [2.24, 2.45) is 5.92 Å². The number of hydrogen-bond acceptors (Lipinski definition) is 6. The summed E-state index contributed by atoms with van der Waals surface area (Å²) in [5.41, 5.74) is 4.02. The highest BCUT2D eigenvalue weighted by Crippen LogP contribution is 2.49. The number of halogens is 1. The second kappa shape index (κ2) is 8.33. The number of nitrogens with zero attached hydrogens (tertiary/aromatic N) is 3. The Morgan fingerprint density at radius 1 is 1.28 bits per heavy atom. The molecule has 0 spiro atoms. The number of aliphatic hydroxyl groups is 1. The number of amides is 1. The molecule has 1 aliphatic carbocycles. The number of ether oxygens (including phenoxy) is 1. The highest BCUT2D eigenvalue weighted by atomic mass is 79.9. The van der Waals surface area contributed by atoms with Gasteiger partial charge in [0.15, 0.2) is 0 Å². The normalized spacial score (nSPS) is 19.5. The standard InChI is InChI=1S/C24H24BrN3O4/c1-13(2)31-20-7-6-14(11-19(20)25)24-26-23(27-32-24)17-5-3-4-16-18(17)10-15-12-21(30)28(8-9-29)22(15)16/h3-7,11,13,15,22,29H,8-10,12H2,1-2H3. The number of carbonyl (C=O) groups is 1. The third-order valence-corrected chi connectivity index (χ3v) is 6.71. The van der Waals surface area contributed by atoms with E-state index in [0.717, 1.165) is 38.9 Å². The van der Waals surface area contributed by atoms with Crippen LogP contribution in [0.5, 0.6) is 5.75 Å². The third-order valence-electron chi connectivity index (χ3n) is 6.09. The van der Waals surface area contributed by atoms with E-state index in [9.17, 15) is 9.90 Å². The third kappa shape index (κ3) is 3.61. The molecule has 0 bridgehead atoms. The number of aliphatic hydroxyl groups excluding tert-OH is 1. The molecule has 2 aliphatic rings. The summed E-state index contributed by atoms with van der Waals surface area (Å²) in [6.45, 7) is 4.29. The van der Waals surface area contributed by atoms with Gasteiger partial charge in [0.1, 0.15) is 5.75 Å². The van der Waals surface area contributed by atoms with E-state index in [1.807, 2.05) is 44.2 Å². The van der Waals surface area contributed by atoms with Gasteiger partial charge in [-0.1, -0.05) is 23.4 Å². The van der Waals surface area contributed by atoms with Crippen molar-refractivity contribution >= 4 is 21.8 Å². The zero-order chi connectivity index (χ0) is 22.4. The lowest BCUT2D eigenvalue weighted by molar-refractivity contribution is -0.129. The zero-order valence-electron chi connectivity index (χ0n) is 17.9. The van der Waals surface area contributed by atoms with Gasteiger partial charge >= 0.3 is 0 Å². The first-order chi connectivity index (χ1) is 15.5. The molecule has 1 aromatic heterocycles. The van der Waals surface area contributed by atoms with Gasteiger partial charge in [-0.2, -0.15) is 4.98 Å². The second-order valence-corrected chi connectivity index (χ2v) is 9.39. The molecule has 0 saturated carbocycles. The van der Waals surface area contributed by atoms with Gasteiger partial charge in [0.2, 0.25) is 11.7 Å². The molecular weight excluding hydrogens is 474 g/mol. The fourth-order valence-corrected chi connectivity index (χ4v) is 5.33. The van der Waals surface area contributed by atoms with Crippen LogP contribution in [0, 0.1) is 5.92 Å². The molecule has 2 heterocycles. The van der Waals surface area contributed by atoms with Crippen molar-refractivity contribution in [1.29, 1.82) is 0 Å². The summed E-state index contributed by atoms with van der Waals surface area (Å²) in [5, 5.41) is 13.6. The number of hydrogen-bond donors (Lipinski definition) is 1.